The number of carbonyl (C=O) groups is 2. The fraction of sp³-hybridized carbons (Fsp3) is 0.385. The monoisotopic (exact) mass is 435 g/mol. The van der Waals surface area contributed by atoms with Gasteiger partial charge in [0.15, 0.2) is 5.78 Å². The van der Waals surface area contributed by atoms with Crippen molar-refractivity contribution >= 4 is 17.4 Å². The number of ketones is 1. The number of amides is 1. The number of carbonyl (C=O) groups excluding carboxylic acids is 2. The van der Waals surface area contributed by atoms with E-state index >= 15 is 0 Å². The molecule has 0 bridgehead atoms. The van der Waals surface area contributed by atoms with E-state index in [1.54, 1.807) is 18.2 Å². The molecule has 6 heteroatoms. The first-order chi connectivity index (χ1) is 15.5. The molecule has 2 fully saturated rings. The molecule has 0 radical (unpaired) electrons. The minimum Gasteiger partial charge on any atom is -0.339 e. The molecule has 0 aromatic heterocycles. The van der Waals surface area contributed by atoms with Crippen LogP contribution in [0.25, 0.3) is 0 Å². The molecule has 2 aromatic carbocycles. The summed E-state index contributed by atoms with van der Waals surface area (Å²) in [6.45, 7) is 7.41. The number of rotatable bonds is 8. The van der Waals surface area contributed by atoms with Crippen LogP contribution >= 0.6 is 0 Å². The summed E-state index contributed by atoms with van der Waals surface area (Å²) in [7, 11) is 0. The molecule has 0 unspecified atom stereocenters. The van der Waals surface area contributed by atoms with E-state index in [-0.39, 0.29) is 17.5 Å². The van der Waals surface area contributed by atoms with Gasteiger partial charge in [-0.1, -0.05) is 24.3 Å². The number of hydrogen-bond donors (Lipinski definition) is 0. The van der Waals surface area contributed by atoms with Crippen LogP contribution in [-0.4, -0.2) is 59.9 Å². The topological polar surface area (TPSA) is 43.9 Å². The molecule has 0 atom stereocenters. The zero-order valence-electron chi connectivity index (χ0n) is 18.4. The van der Waals surface area contributed by atoms with E-state index in [1.165, 1.54) is 12.1 Å². The van der Waals surface area contributed by atoms with E-state index in [4.69, 9.17) is 0 Å². The number of likely N-dealkylation sites (tertiary alicyclic amines) is 1. The third-order valence-corrected chi connectivity index (χ3v) is 6.66. The molecule has 2 heterocycles. The number of benzene rings is 2. The van der Waals surface area contributed by atoms with Gasteiger partial charge in [-0.25, -0.2) is 4.39 Å². The standard InChI is InChI=1S/C26H30FN3O2/c1-2-16-29-20-30(23-7-4-3-5-8-23)26(25(29)32)14-18-28(19-15-26)17-6-9-24(31)21-10-12-22(27)13-11-21/h2-5,7-8,10-13H,1,6,9,14-20H2. The summed E-state index contributed by atoms with van der Waals surface area (Å²) in [6, 6.07) is 15.9. The lowest BCUT2D eigenvalue weighted by atomic mass is 9.85. The highest BCUT2D eigenvalue weighted by Crippen LogP contribution is 2.39. The quantitative estimate of drug-likeness (QED) is 0.462. The molecule has 32 heavy (non-hydrogen) atoms. The second-order valence-corrected chi connectivity index (χ2v) is 8.63. The maximum atomic E-state index is 13.4. The average molecular weight is 436 g/mol. The SMILES string of the molecule is C=CCN1CN(c2ccccc2)C2(CCN(CCCC(=O)c3ccc(F)cc3)CC2)C1=O. The number of piperidine rings is 1. The van der Waals surface area contributed by atoms with E-state index in [0.29, 0.717) is 25.2 Å². The van der Waals surface area contributed by atoms with E-state index in [0.717, 1.165) is 44.6 Å². The summed E-state index contributed by atoms with van der Waals surface area (Å²) in [4.78, 5) is 32.2. The fourth-order valence-electron chi connectivity index (χ4n) is 4.89. The molecule has 2 aliphatic rings. The summed E-state index contributed by atoms with van der Waals surface area (Å²) in [5.74, 6) is -0.103. The van der Waals surface area contributed by atoms with Gasteiger partial charge in [0.05, 0.1) is 6.67 Å². The maximum absolute atomic E-state index is 13.4. The van der Waals surface area contributed by atoms with Crippen LogP contribution in [0.5, 0.6) is 0 Å². The molecule has 0 aliphatic carbocycles. The summed E-state index contributed by atoms with van der Waals surface area (Å²) in [5, 5.41) is 0. The summed E-state index contributed by atoms with van der Waals surface area (Å²) in [5.41, 5.74) is 1.12. The number of halogens is 1. The van der Waals surface area contributed by atoms with Gasteiger partial charge in [-0.2, -0.15) is 0 Å². The molecule has 2 saturated heterocycles. The minimum atomic E-state index is -0.509. The van der Waals surface area contributed by atoms with E-state index in [2.05, 4.69) is 28.5 Å². The van der Waals surface area contributed by atoms with Gasteiger partial charge >= 0.3 is 0 Å². The van der Waals surface area contributed by atoms with Crippen LogP contribution in [-0.2, 0) is 4.79 Å². The zero-order chi connectivity index (χ0) is 22.6. The molecule has 0 saturated carbocycles. The van der Waals surface area contributed by atoms with Gasteiger partial charge in [-0.05, 0) is 62.2 Å². The third-order valence-electron chi connectivity index (χ3n) is 6.66. The Hall–Kier alpha value is -2.99. The molecule has 4 rings (SSSR count). The Labute approximate surface area is 189 Å². The van der Waals surface area contributed by atoms with Crippen molar-refractivity contribution in [2.24, 2.45) is 0 Å². The van der Waals surface area contributed by atoms with Gasteiger partial charge in [-0.3, -0.25) is 9.59 Å². The van der Waals surface area contributed by atoms with Gasteiger partial charge in [-0.15, -0.1) is 6.58 Å². The van der Waals surface area contributed by atoms with Crippen molar-refractivity contribution in [2.75, 3.05) is 37.7 Å². The lowest BCUT2D eigenvalue weighted by Gasteiger charge is -2.43. The summed E-state index contributed by atoms with van der Waals surface area (Å²) >= 11 is 0. The Morgan fingerprint density at radius 2 is 1.75 bits per heavy atom. The van der Waals surface area contributed by atoms with Crippen molar-refractivity contribution in [2.45, 2.75) is 31.2 Å². The number of Topliss-reactive ketones (excluding diaryl/α,β-unsaturated/α-hetero) is 1. The zero-order valence-corrected chi connectivity index (χ0v) is 18.4. The Morgan fingerprint density at radius 3 is 2.41 bits per heavy atom. The molecule has 0 N–H and O–H groups in total. The van der Waals surface area contributed by atoms with Crippen molar-refractivity contribution in [1.82, 2.24) is 9.80 Å². The van der Waals surface area contributed by atoms with E-state index in [1.807, 2.05) is 23.1 Å². The highest BCUT2D eigenvalue weighted by Gasteiger charge is 2.53. The number of nitrogens with zero attached hydrogens (tertiary/aromatic N) is 3. The van der Waals surface area contributed by atoms with Crippen LogP contribution in [0, 0.1) is 5.82 Å². The highest BCUT2D eigenvalue weighted by molar-refractivity contribution is 5.96. The number of hydrogen-bond acceptors (Lipinski definition) is 4. The molecule has 168 valence electrons. The largest absolute Gasteiger partial charge is 0.339 e. The van der Waals surface area contributed by atoms with Gasteiger partial charge in [0, 0.05) is 37.3 Å². The number of anilines is 1. The predicted octanol–water partition coefficient (Wildman–Crippen LogP) is 4.12. The number of para-hydroxylation sites is 1. The van der Waals surface area contributed by atoms with Crippen LogP contribution < -0.4 is 4.90 Å². The molecule has 2 aliphatic heterocycles. The Morgan fingerprint density at radius 1 is 1.06 bits per heavy atom. The first-order valence-electron chi connectivity index (χ1n) is 11.3. The minimum absolute atomic E-state index is 0.0415. The molecular weight excluding hydrogens is 405 g/mol. The van der Waals surface area contributed by atoms with Crippen molar-refractivity contribution < 1.29 is 14.0 Å². The Kier molecular flexibility index (Phi) is 6.70. The smallest absolute Gasteiger partial charge is 0.250 e. The van der Waals surface area contributed by atoms with Crippen LogP contribution in [0.3, 0.4) is 0 Å². The first-order valence-corrected chi connectivity index (χ1v) is 11.3. The maximum Gasteiger partial charge on any atom is 0.250 e. The lowest BCUT2D eigenvalue weighted by molar-refractivity contribution is -0.133. The molecule has 2 aromatic rings. The Balaban J connectivity index is 1.36. The normalized spacial score (nSPS) is 18.3. The van der Waals surface area contributed by atoms with Crippen molar-refractivity contribution in [3.8, 4) is 0 Å². The van der Waals surface area contributed by atoms with Gasteiger partial charge in [0.25, 0.3) is 0 Å². The van der Waals surface area contributed by atoms with Crippen LogP contribution in [0.2, 0.25) is 0 Å². The fourth-order valence-corrected chi connectivity index (χ4v) is 4.89. The highest BCUT2D eigenvalue weighted by atomic mass is 19.1. The predicted molar refractivity (Wildman–Crippen MR) is 124 cm³/mol. The van der Waals surface area contributed by atoms with E-state index in [9.17, 15) is 14.0 Å². The van der Waals surface area contributed by atoms with Gasteiger partial charge < -0.3 is 14.7 Å². The average Bonchev–Trinajstić information content (AvgIpc) is 3.08. The van der Waals surface area contributed by atoms with Crippen molar-refractivity contribution in [3.63, 3.8) is 0 Å². The second-order valence-electron chi connectivity index (χ2n) is 8.63. The van der Waals surface area contributed by atoms with Crippen LogP contribution in [0.4, 0.5) is 10.1 Å². The van der Waals surface area contributed by atoms with Crippen LogP contribution in [0.15, 0.2) is 67.3 Å². The molecule has 5 nitrogen and oxygen atoms in total. The van der Waals surface area contributed by atoms with Crippen LogP contribution in [0.1, 0.15) is 36.0 Å². The molecule has 1 amide bonds. The van der Waals surface area contributed by atoms with Crippen molar-refractivity contribution in [3.05, 3.63) is 78.6 Å². The first kappa shape index (κ1) is 22.2. The third kappa shape index (κ3) is 4.46. The molecule has 1 spiro atoms. The summed E-state index contributed by atoms with van der Waals surface area (Å²) in [6.07, 6.45) is 4.51. The molecular formula is C26H30FN3O2. The lowest BCUT2D eigenvalue weighted by Crippen LogP contribution is -2.56. The second kappa shape index (κ2) is 9.65. The Bertz CT molecular complexity index is 953. The van der Waals surface area contributed by atoms with Gasteiger partial charge in [0.1, 0.15) is 11.4 Å². The summed E-state index contributed by atoms with van der Waals surface area (Å²) < 4.78 is 13.0. The van der Waals surface area contributed by atoms with E-state index < -0.39 is 5.54 Å². The van der Waals surface area contributed by atoms with Gasteiger partial charge in [0.2, 0.25) is 5.91 Å². The van der Waals surface area contributed by atoms with Crippen molar-refractivity contribution in [1.29, 1.82) is 0 Å².